The third-order valence-electron chi connectivity index (χ3n) is 2.25. The Balaban J connectivity index is 2.04. The molecule has 0 radical (unpaired) electrons. The molecule has 1 amide bonds. The van der Waals surface area contributed by atoms with E-state index in [9.17, 15) is 9.18 Å². The van der Waals surface area contributed by atoms with E-state index in [0.717, 1.165) is 10.4 Å². The Kier molecular flexibility index (Phi) is 4.01. The van der Waals surface area contributed by atoms with Crippen molar-refractivity contribution in [1.82, 2.24) is 4.98 Å². The summed E-state index contributed by atoms with van der Waals surface area (Å²) in [5.74, 6) is -0.532. The fraction of sp³-hybridized carbons (Fsp3) is 0.167. The van der Waals surface area contributed by atoms with Gasteiger partial charge in [0, 0.05) is 17.5 Å². The lowest BCUT2D eigenvalue weighted by Gasteiger charge is -1.98. The van der Waals surface area contributed by atoms with Gasteiger partial charge in [0.05, 0.1) is 6.54 Å². The Morgan fingerprint density at radius 2 is 2.33 bits per heavy atom. The van der Waals surface area contributed by atoms with Crippen LogP contribution in [0.15, 0.2) is 30.5 Å². The third-order valence-corrected chi connectivity index (χ3v) is 3.17. The van der Waals surface area contributed by atoms with Crippen LogP contribution in [0.2, 0.25) is 0 Å². The molecule has 0 aliphatic rings. The Bertz CT molecular complexity index is 556. The molecule has 0 fully saturated rings. The largest absolute Gasteiger partial charge is 0.322 e. The fourth-order valence-corrected chi connectivity index (χ4v) is 2.33. The number of hydrogen-bond acceptors (Lipinski definition) is 4. The number of aromatic nitrogens is 1. The van der Waals surface area contributed by atoms with Gasteiger partial charge < -0.3 is 11.1 Å². The van der Waals surface area contributed by atoms with Gasteiger partial charge in [-0.1, -0.05) is 12.1 Å². The molecule has 0 bridgehead atoms. The lowest BCUT2D eigenvalue weighted by molar-refractivity contribution is -0.114. The molecule has 0 atom stereocenters. The molecular formula is C12H12FN3OS. The van der Waals surface area contributed by atoms with Crippen LogP contribution in [0.5, 0.6) is 0 Å². The molecular weight excluding hydrogens is 253 g/mol. The topological polar surface area (TPSA) is 68.0 Å². The third kappa shape index (κ3) is 3.35. The van der Waals surface area contributed by atoms with Crippen molar-refractivity contribution in [2.45, 2.75) is 6.42 Å². The van der Waals surface area contributed by atoms with Crippen LogP contribution in [0, 0.1) is 5.82 Å². The summed E-state index contributed by atoms with van der Waals surface area (Å²) in [6.45, 7) is -0.0706. The summed E-state index contributed by atoms with van der Waals surface area (Å²) in [5.41, 5.74) is 6.06. The van der Waals surface area contributed by atoms with Gasteiger partial charge in [-0.25, -0.2) is 9.37 Å². The summed E-state index contributed by atoms with van der Waals surface area (Å²) in [7, 11) is 0. The van der Waals surface area contributed by atoms with Crippen LogP contribution in [0.3, 0.4) is 0 Å². The highest BCUT2D eigenvalue weighted by Crippen LogP contribution is 2.21. The number of carbonyl (C=O) groups excluding carboxylic acids is 1. The molecule has 0 saturated carbocycles. The van der Waals surface area contributed by atoms with Crippen LogP contribution >= 0.6 is 11.3 Å². The van der Waals surface area contributed by atoms with Gasteiger partial charge in [0.15, 0.2) is 5.13 Å². The van der Waals surface area contributed by atoms with Crippen molar-refractivity contribution < 1.29 is 9.18 Å². The van der Waals surface area contributed by atoms with Crippen molar-refractivity contribution in [3.05, 3.63) is 46.7 Å². The maximum Gasteiger partial charge on any atom is 0.239 e. The average Bonchev–Trinajstić information content (AvgIpc) is 2.76. The van der Waals surface area contributed by atoms with Crippen molar-refractivity contribution in [1.29, 1.82) is 0 Å². The summed E-state index contributed by atoms with van der Waals surface area (Å²) in [6.07, 6.45) is 2.26. The molecule has 1 aromatic carbocycles. The number of halogens is 1. The summed E-state index contributed by atoms with van der Waals surface area (Å²) in [4.78, 5) is 16.1. The fourth-order valence-electron chi connectivity index (χ4n) is 1.47. The van der Waals surface area contributed by atoms with Crippen LogP contribution in [0.25, 0.3) is 0 Å². The second kappa shape index (κ2) is 5.70. The quantitative estimate of drug-likeness (QED) is 0.885. The first-order valence-electron chi connectivity index (χ1n) is 5.36. The number of anilines is 1. The first-order valence-corrected chi connectivity index (χ1v) is 6.18. The van der Waals surface area contributed by atoms with Crippen LogP contribution in [-0.4, -0.2) is 17.4 Å². The van der Waals surface area contributed by atoms with E-state index in [1.54, 1.807) is 12.3 Å². The first-order chi connectivity index (χ1) is 8.67. The predicted molar refractivity (Wildman–Crippen MR) is 69.0 cm³/mol. The molecule has 18 heavy (non-hydrogen) atoms. The number of thiazole rings is 1. The van der Waals surface area contributed by atoms with E-state index in [4.69, 9.17) is 5.73 Å². The Morgan fingerprint density at radius 3 is 3.06 bits per heavy atom. The predicted octanol–water partition coefficient (Wildman–Crippen LogP) is 1.77. The Labute approximate surface area is 108 Å². The van der Waals surface area contributed by atoms with Crippen molar-refractivity contribution in [3.63, 3.8) is 0 Å². The maximum atomic E-state index is 13.0. The lowest BCUT2D eigenvalue weighted by Crippen LogP contribution is -2.21. The van der Waals surface area contributed by atoms with Gasteiger partial charge in [-0.05, 0) is 17.7 Å². The van der Waals surface area contributed by atoms with Crippen LogP contribution in [0.4, 0.5) is 9.52 Å². The Hall–Kier alpha value is -1.79. The van der Waals surface area contributed by atoms with Gasteiger partial charge in [0.25, 0.3) is 0 Å². The van der Waals surface area contributed by atoms with Crippen LogP contribution in [-0.2, 0) is 11.2 Å². The van der Waals surface area contributed by atoms with E-state index in [1.807, 2.05) is 6.07 Å². The standard InChI is InChI=1S/C12H12FN3OS/c13-9-3-1-2-8(4-9)5-10-7-15-12(18-10)16-11(17)6-14/h1-4,7H,5-6,14H2,(H,15,16,17). The average molecular weight is 265 g/mol. The molecule has 4 nitrogen and oxygen atoms in total. The minimum Gasteiger partial charge on any atom is -0.322 e. The minimum absolute atomic E-state index is 0.0706. The van der Waals surface area contributed by atoms with Crippen LogP contribution < -0.4 is 11.1 Å². The van der Waals surface area contributed by atoms with Crippen molar-refractivity contribution in [2.24, 2.45) is 5.73 Å². The van der Waals surface area contributed by atoms with Gasteiger partial charge in [0.1, 0.15) is 5.82 Å². The monoisotopic (exact) mass is 265 g/mol. The minimum atomic E-state index is -0.276. The van der Waals surface area contributed by atoms with E-state index in [0.29, 0.717) is 11.6 Å². The highest BCUT2D eigenvalue weighted by molar-refractivity contribution is 7.15. The van der Waals surface area contributed by atoms with Gasteiger partial charge in [-0.2, -0.15) is 0 Å². The van der Waals surface area contributed by atoms with E-state index in [-0.39, 0.29) is 18.3 Å². The number of amides is 1. The molecule has 6 heteroatoms. The normalized spacial score (nSPS) is 10.3. The molecule has 0 aliphatic heterocycles. The number of nitrogens with two attached hydrogens (primary N) is 1. The molecule has 2 rings (SSSR count). The van der Waals surface area contributed by atoms with Crippen molar-refractivity contribution in [2.75, 3.05) is 11.9 Å². The smallest absolute Gasteiger partial charge is 0.239 e. The molecule has 0 saturated heterocycles. The molecule has 3 N–H and O–H groups in total. The zero-order valence-electron chi connectivity index (χ0n) is 9.52. The molecule has 1 heterocycles. The highest BCUT2D eigenvalue weighted by Gasteiger charge is 2.06. The molecule has 1 aromatic heterocycles. The molecule has 0 aliphatic carbocycles. The number of rotatable bonds is 4. The molecule has 0 spiro atoms. The molecule has 2 aromatic rings. The molecule has 0 unspecified atom stereocenters. The van der Waals surface area contributed by atoms with E-state index < -0.39 is 0 Å². The maximum absolute atomic E-state index is 13.0. The summed E-state index contributed by atoms with van der Waals surface area (Å²) in [6, 6.07) is 6.41. The van der Waals surface area contributed by atoms with Crippen molar-refractivity contribution in [3.8, 4) is 0 Å². The highest BCUT2D eigenvalue weighted by atomic mass is 32.1. The summed E-state index contributed by atoms with van der Waals surface area (Å²) in [5, 5.41) is 3.09. The number of hydrogen-bond donors (Lipinski definition) is 2. The molecule has 94 valence electrons. The van der Waals surface area contributed by atoms with Crippen molar-refractivity contribution >= 4 is 22.4 Å². The second-order valence-corrected chi connectivity index (χ2v) is 4.81. The number of benzene rings is 1. The SMILES string of the molecule is NCC(=O)Nc1ncc(Cc2cccc(F)c2)s1. The summed E-state index contributed by atoms with van der Waals surface area (Å²) < 4.78 is 13.0. The van der Waals surface area contributed by atoms with Gasteiger partial charge >= 0.3 is 0 Å². The number of carbonyl (C=O) groups is 1. The van der Waals surface area contributed by atoms with E-state index in [2.05, 4.69) is 10.3 Å². The lowest BCUT2D eigenvalue weighted by atomic mass is 10.1. The zero-order valence-corrected chi connectivity index (χ0v) is 10.3. The second-order valence-electron chi connectivity index (χ2n) is 3.69. The zero-order chi connectivity index (χ0) is 13.0. The Morgan fingerprint density at radius 1 is 1.50 bits per heavy atom. The number of nitrogens with zero attached hydrogens (tertiary/aromatic N) is 1. The van der Waals surface area contributed by atoms with Gasteiger partial charge in [-0.3, -0.25) is 4.79 Å². The van der Waals surface area contributed by atoms with E-state index >= 15 is 0 Å². The van der Waals surface area contributed by atoms with Gasteiger partial charge in [-0.15, -0.1) is 11.3 Å². The van der Waals surface area contributed by atoms with Gasteiger partial charge in [0.2, 0.25) is 5.91 Å². The van der Waals surface area contributed by atoms with Crippen LogP contribution in [0.1, 0.15) is 10.4 Å². The number of nitrogens with one attached hydrogen (secondary N) is 1. The first kappa shape index (κ1) is 12.7. The summed E-state index contributed by atoms with van der Waals surface area (Å²) >= 11 is 1.36. The van der Waals surface area contributed by atoms with E-state index in [1.165, 1.54) is 23.5 Å².